The first-order chi connectivity index (χ1) is 12.9. The van der Waals surface area contributed by atoms with Crippen LogP contribution >= 0.6 is 0 Å². The maximum atomic E-state index is 6.34. The average molecular weight is 358 g/mol. The number of fused-ring (bicyclic) bond motifs is 2. The van der Waals surface area contributed by atoms with Crippen molar-refractivity contribution in [2.75, 3.05) is 4.90 Å². The van der Waals surface area contributed by atoms with Gasteiger partial charge in [0, 0.05) is 17.1 Å². The van der Waals surface area contributed by atoms with E-state index in [9.17, 15) is 0 Å². The molecular formula is C24H26N2O. The van der Waals surface area contributed by atoms with Gasteiger partial charge in [0.1, 0.15) is 0 Å². The second-order valence-corrected chi connectivity index (χ2v) is 7.94. The normalized spacial score (nSPS) is 14.2. The third-order valence-corrected chi connectivity index (χ3v) is 5.67. The van der Waals surface area contributed by atoms with E-state index >= 15 is 0 Å². The Labute approximate surface area is 161 Å². The predicted molar refractivity (Wildman–Crippen MR) is 113 cm³/mol. The van der Waals surface area contributed by atoms with E-state index in [0.717, 1.165) is 28.6 Å². The van der Waals surface area contributed by atoms with Crippen molar-refractivity contribution in [3.8, 4) is 11.5 Å². The number of aryl methyl sites for hydroxylation is 1. The molecule has 0 aliphatic carbocycles. The summed E-state index contributed by atoms with van der Waals surface area (Å²) in [5.41, 5.74) is 11.7. The van der Waals surface area contributed by atoms with Crippen molar-refractivity contribution in [1.82, 2.24) is 0 Å². The molecule has 0 saturated heterocycles. The largest absolute Gasteiger partial charge is 0.453 e. The van der Waals surface area contributed by atoms with Crippen molar-refractivity contribution in [2.45, 2.75) is 39.2 Å². The third-order valence-electron chi connectivity index (χ3n) is 5.67. The Hall–Kier alpha value is -2.78. The van der Waals surface area contributed by atoms with Gasteiger partial charge in [-0.05, 0) is 61.4 Å². The molecule has 0 radical (unpaired) electrons. The van der Waals surface area contributed by atoms with Gasteiger partial charge in [0.15, 0.2) is 11.5 Å². The van der Waals surface area contributed by atoms with Gasteiger partial charge in [-0.3, -0.25) is 0 Å². The number of hydrogen-bond acceptors (Lipinski definition) is 3. The van der Waals surface area contributed by atoms with Crippen LogP contribution in [0.25, 0.3) is 0 Å². The van der Waals surface area contributed by atoms with Crippen molar-refractivity contribution in [3.63, 3.8) is 0 Å². The van der Waals surface area contributed by atoms with Crippen LogP contribution in [0.5, 0.6) is 11.5 Å². The van der Waals surface area contributed by atoms with Crippen molar-refractivity contribution >= 4 is 17.1 Å². The Morgan fingerprint density at radius 1 is 0.889 bits per heavy atom. The molecule has 0 amide bonds. The predicted octanol–water partition coefficient (Wildman–Crippen LogP) is 6.20. The molecule has 3 heteroatoms. The molecule has 0 spiro atoms. The SMILES string of the molecule is Cc1ccc2c(c1)Oc1cc(C(C)(C)C(C)N)ccc1N2c1ccccc1. The Kier molecular flexibility index (Phi) is 4.20. The maximum absolute atomic E-state index is 6.34. The molecular weight excluding hydrogens is 332 g/mol. The van der Waals surface area contributed by atoms with Gasteiger partial charge >= 0.3 is 0 Å². The zero-order valence-corrected chi connectivity index (χ0v) is 16.4. The number of ether oxygens (including phenoxy) is 1. The Morgan fingerprint density at radius 2 is 1.52 bits per heavy atom. The van der Waals surface area contributed by atoms with E-state index in [2.05, 4.69) is 93.3 Å². The van der Waals surface area contributed by atoms with Crippen molar-refractivity contribution in [3.05, 3.63) is 77.9 Å². The van der Waals surface area contributed by atoms with Crippen LogP contribution in [0.2, 0.25) is 0 Å². The fraction of sp³-hybridized carbons (Fsp3) is 0.250. The lowest BCUT2D eigenvalue weighted by Gasteiger charge is -2.35. The molecule has 3 aromatic carbocycles. The van der Waals surface area contributed by atoms with Crippen LogP contribution in [0.15, 0.2) is 66.7 Å². The summed E-state index contributed by atoms with van der Waals surface area (Å²) in [6.45, 7) is 8.49. The molecule has 1 aliphatic heterocycles. The van der Waals surface area contributed by atoms with Gasteiger partial charge in [-0.15, -0.1) is 0 Å². The lowest BCUT2D eigenvalue weighted by atomic mass is 9.78. The molecule has 138 valence electrons. The van der Waals surface area contributed by atoms with Gasteiger partial charge < -0.3 is 15.4 Å². The van der Waals surface area contributed by atoms with Crippen LogP contribution in [-0.2, 0) is 5.41 Å². The van der Waals surface area contributed by atoms with E-state index < -0.39 is 0 Å². The molecule has 1 heterocycles. The third kappa shape index (κ3) is 2.98. The lowest BCUT2D eigenvalue weighted by Crippen LogP contribution is -2.38. The highest BCUT2D eigenvalue weighted by Gasteiger charge is 2.30. The van der Waals surface area contributed by atoms with Crippen LogP contribution in [-0.4, -0.2) is 6.04 Å². The number of benzene rings is 3. The Balaban J connectivity index is 1.90. The van der Waals surface area contributed by atoms with Crippen LogP contribution in [0.3, 0.4) is 0 Å². The minimum Gasteiger partial charge on any atom is -0.453 e. The van der Waals surface area contributed by atoms with Crippen LogP contribution < -0.4 is 15.4 Å². The highest BCUT2D eigenvalue weighted by Crippen LogP contribution is 2.51. The molecule has 0 aromatic heterocycles. The zero-order chi connectivity index (χ0) is 19.2. The monoisotopic (exact) mass is 358 g/mol. The molecule has 3 nitrogen and oxygen atoms in total. The van der Waals surface area contributed by atoms with E-state index in [1.54, 1.807) is 0 Å². The van der Waals surface area contributed by atoms with Gasteiger partial charge in [0.2, 0.25) is 0 Å². The Morgan fingerprint density at radius 3 is 2.19 bits per heavy atom. The van der Waals surface area contributed by atoms with E-state index in [1.165, 1.54) is 11.1 Å². The molecule has 4 rings (SSSR count). The molecule has 0 fully saturated rings. The highest BCUT2D eigenvalue weighted by molar-refractivity contribution is 5.86. The number of rotatable bonds is 3. The summed E-state index contributed by atoms with van der Waals surface area (Å²) >= 11 is 0. The van der Waals surface area contributed by atoms with E-state index in [0.29, 0.717) is 0 Å². The maximum Gasteiger partial charge on any atom is 0.151 e. The fourth-order valence-corrected chi connectivity index (χ4v) is 3.44. The number of para-hydroxylation sites is 1. The van der Waals surface area contributed by atoms with E-state index in [-0.39, 0.29) is 11.5 Å². The summed E-state index contributed by atoms with van der Waals surface area (Å²) in [6, 6.07) is 23.2. The van der Waals surface area contributed by atoms with E-state index in [1.807, 2.05) is 6.07 Å². The van der Waals surface area contributed by atoms with Crippen LogP contribution in [0.4, 0.5) is 17.1 Å². The molecule has 1 aliphatic rings. The quantitative estimate of drug-likeness (QED) is 0.474. The number of hydrogen-bond donors (Lipinski definition) is 1. The average Bonchev–Trinajstić information content (AvgIpc) is 2.66. The second-order valence-electron chi connectivity index (χ2n) is 7.94. The summed E-state index contributed by atoms with van der Waals surface area (Å²) in [4.78, 5) is 2.26. The number of nitrogens with two attached hydrogens (primary N) is 1. The van der Waals surface area contributed by atoms with Gasteiger partial charge in [-0.2, -0.15) is 0 Å². The first kappa shape index (κ1) is 17.6. The highest BCUT2D eigenvalue weighted by atomic mass is 16.5. The van der Waals surface area contributed by atoms with Gasteiger partial charge in [-0.1, -0.05) is 44.2 Å². The molecule has 3 aromatic rings. The second kappa shape index (κ2) is 6.43. The van der Waals surface area contributed by atoms with Crippen LogP contribution in [0.1, 0.15) is 31.9 Å². The molecule has 1 atom stereocenters. The topological polar surface area (TPSA) is 38.5 Å². The first-order valence-electron chi connectivity index (χ1n) is 9.42. The lowest BCUT2D eigenvalue weighted by molar-refractivity contribution is 0.428. The summed E-state index contributed by atoms with van der Waals surface area (Å²) in [5.74, 6) is 1.74. The number of anilines is 3. The molecule has 0 saturated carbocycles. The summed E-state index contributed by atoms with van der Waals surface area (Å²) in [6.07, 6.45) is 0. The van der Waals surface area contributed by atoms with Crippen molar-refractivity contribution in [1.29, 1.82) is 0 Å². The summed E-state index contributed by atoms with van der Waals surface area (Å²) in [5, 5.41) is 0. The van der Waals surface area contributed by atoms with Gasteiger partial charge in [-0.25, -0.2) is 0 Å². The standard InChI is InChI=1S/C24H26N2O/c1-16-10-12-20-22(14-16)27-23-15-18(24(3,4)17(2)25)11-13-21(23)26(20)19-8-6-5-7-9-19/h5-15,17H,25H2,1-4H3. The molecule has 1 unspecified atom stereocenters. The minimum absolute atomic E-state index is 0.0406. The zero-order valence-electron chi connectivity index (χ0n) is 16.4. The first-order valence-corrected chi connectivity index (χ1v) is 9.42. The summed E-state index contributed by atoms with van der Waals surface area (Å²) < 4.78 is 6.34. The smallest absolute Gasteiger partial charge is 0.151 e. The van der Waals surface area contributed by atoms with Crippen LogP contribution in [0, 0.1) is 6.92 Å². The number of nitrogens with zero attached hydrogens (tertiary/aromatic N) is 1. The molecule has 27 heavy (non-hydrogen) atoms. The van der Waals surface area contributed by atoms with Gasteiger partial charge in [0.05, 0.1) is 11.4 Å². The fourth-order valence-electron chi connectivity index (χ4n) is 3.44. The minimum atomic E-state index is -0.136. The summed E-state index contributed by atoms with van der Waals surface area (Å²) in [7, 11) is 0. The molecule has 2 N–H and O–H groups in total. The van der Waals surface area contributed by atoms with Gasteiger partial charge in [0.25, 0.3) is 0 Å². The Bertz CT molecular complexity index is 977. The van der Waals surface area contributed by atoms with Crippen molar-refractivity contribution < 1.29 is 4.74 Å². The molecule has 0 bridgehead atoms. The van der Waals surface area contributed by atoms with E-state index in [4.69, 9.17) is 10.5 Å². The van der Waals surface area contributed by atoms with Crippen molar-refractivity contribution in [2.24, 2.45) is 5.73 Å².